The summed E-state index contributed by atoms with van der Waals surface area (Å²) in [4.78, 5) is 10.8. The van der Waals surface area contributed by atoms with Crippen LogP contribution in [0.1, 0.15) is 10.4 Å². The Labute approximate surface area is 165 Å². The Morgan fingerprint density at radius 2 is 1.68 bits per heavy atom. The molecule has 2 N–H and O–H groups in total. The number of hydrogen-bond donors (Lipinski definition) is 2. The molecule has 0 unspecified atom stereocenters. The van der Waals surface area contributed by atoms with Gasteiger partial charge in [-0.15, -0.1) is 0 Å². The summed E-state index contributed by atoms with van der Waals surface area (Å²) in [7, 11) is -4.00. The van der Waals surface area contributed by atoms with E-state index in [4.69, 9.17) is 21.4 Å². The lowest BCUT2D eigenvalue weighted by Gasteiger charge is -2.14. The molecule has 6 nitrogen and oxygen atoms in total. The average molecular weight is 422 g/mol. The van der Waals surface area contributed by atoms with E-state index in [1.165, 1.54) is 42.5 Å². The SMILES string of the molecule is O=C(O)c1ccc(S(=O)(=O)Nc2ccccc2Oc2ccc(F)cc2Cl)cc1. The summed E-state index contributed by atoms with van der Waals surface area (Å²) in [6, 6.07) is 14.6. The molecule has 0 aliphatic carbocycles. The molecule has 0 aliphatic rings. The molecular formula is C19H13ClFNO5S. The third-order valence-corrected chi connectivity index (χ3v) is 5.33. The monoisotopic (exact) mass is 421 g/mol. The lowest BCUT2D eigenvalue weighted by Crippen LogP contribution is -2.13. The Morgan fingerprint density at radius 1 is 1.00 bits per heavy atom. The second-order valence-electron chi connectivity index (χ2n) is 5.61. The molecule has 0 saturated heterocycles. The Morgan fingerprint density at radius 3 is 2.32 bits per heavy atom. The maximum absolute atomic E-state index is 13.2. The number of aromatic carboxylic acids is 1. The van der Waals surface area contributed by atoms with Gasteiger partial charge in [-0.05, 0) is 54.6 Å². The molecule has 28 heavy (non-hydrogen) atoms. The number of para-hydroxylation sites is 2. The lowest BCUT2D eigenvalue weighted by atomic mass is 10.2. The van der Waals surface area contributed by atoms with Crippen LogP contribution in [-0.2, 0) is 10.0 Å². The normalized spacial score (nSPS) is 11.1. The molecule has 9 heteroatoms. The van der Waals surface area contributed by atoms with E-state index in [-0.39, 0.29) is 32.7 Å². The Balaban J connectivity index is 1.89. The predicted molar refractivity (Wildman–Crippen MR) is 102 cm³/mol. The molecule has 0 radical (unpaired) electrons. The van der Waals surface area contributed by atoms with Crippen molar-refractivity contribution in [2.24, 2.45) is 0 Å². The number of anilines is 1. The molecule has 3 aromatic rings. The van der Waals surface area contributed by atoms with Crippen molar-refractivity contribution in [1.82, 2.24) is 0 Å². The highest BCUT2D eigenvalue weighted by Crippen LogP contribution is 2.34. The maximum atomic E-state index is 13.2. The van der Waals surface area contributed by atoms with Crippen molar-refractivity contribution >= 4 is 33.3 Å². The van der Waals surface area contributed by atoms with Gasteiger partial charge in [-0.3, -0.25) is 4.72 Å². The van der Waals surface area contributed by atoms with Gasteiger partial charge >= 0.3 is 5.97 Å². The van der Waals surface area contributed by atoms with Crippen molar-refractivity contribution in [3.05, 3.63) is 83.1 Å². The molecule has 0 spiro atoms. The van der Waals surface area contributed by atoms with Crippen molar-refractivity contribution in [1.29, 1.82) is 0 Å². The number of halogens is 2. The van der Waals surface area contributed by atoms with Gasteiger partial charge in [0.05, 0.1) is 21.2 Å². The molecule has 144 valence electrons. The highest BCUT2D eigenvalue weighted by molar-refractivity contribution is 7.92. The van der Waals surface area contributed by atoms with E-state index in [0.717, 1.165) is 12.1 Å². The van der Waals surface area contributed by atoms with Gasteiger partial charge in [-0.25, -0.2) is 17.6 Å². The molecule has 0 fully saturated rings. The standard InChI is InChI=1S/C19H13ClFNO5S/c20-15-11-13(21)7-10-17(15)27-18-4-2-1-3-16(18)22-28(25,26)14-8-5-12(6-9-14)19(23)24/h1-11,22H,(H,23,24). The van der Waals surface area contributed by atoms with Crippen molar-refractivity contribution < 1.29 is 27.4 Å². The average Bonchev–Trinajstić information content (AvgIpc) is 2.65. The predicted octanol–water partition coefficient (Wildman–Crippen LogP) is 4.77. The number of nitrogens with one attached hydrogen (secondary N) is 1. The number of hydrogen-bond acceptors (Lipinski definition) is 4. The quantitative estimate of drug-likeness (QED) is 0.598. The first-order valence-corrected chi connectivity index (χ1v) is 9.70. The van der Waals surface area contributed by atoms with Crippen LogP contribution in [-0.4, -0.2) is 19.5 Å². The van der Waals surface area contributed by atoms with Crippen molar-refractivity contribution in [3.63, 3.8) is 0 Å². The zero-order valence-corrected chi connectivity index (χ0v) is 15.7. The Bertz CT molecular complexity index is 1130. The Kier molecular flexibility index (Phi) is 5.53. The summed E-state index contributed by atoms with van der Waals surface area (Å²) in [6.07, 6.45) is 0. The number of carboxylic acids is 1. The molecule has 0 aliphatic heterocycles. The fourth-order valence-electron chi connectivity index (χ4n) is 2.30. The fourth-order valence-corrected chi connectivity index (χ4v) is 3.57. The van der Waals surface area contributed by atoms with E-state index in [1.54, 1.807) is 12.1 Å². The van der Waals surface area contributed by atoms with Crippen LogP contribution in [0.4, 0.5) is 10.1 Å². The summed E-state index contributed by atoms with van der Waals surface area (Å²) in [5, 5.41) is 8.94. The van der Waals surface area contributed by atoms with Crippen LogP contribution in [0.2, 0.25) is 5.02 Å². The van der Waals surface area contributed by atoms with Crippen LogP contribution in [0.15, 0.2) is 71.6 Å². The van der Waals surface area contributed by atoms with E-state index in [1.807, 2.05) is 0 Å². The van der Waals surface area contributed by atoms with Crippen LogP contribution in [0.3, 0.4) is 0 Å². The van der Waals surface area contributed by atoms with E-state index in [0.29, 0.717) is 0 Å². The summed E-state index contributed by atoms with van der Waals surface area (Å²) < 4.78 is 46.4. The molecule has 0 heterocycles. The summed E-state index contributed by atoms with van der Waals surface area (Å²) >= 11 is 5.95. The zero-order chi connectivity index (χ0) is 20.3. The van der Waals surface area contributed by atoms with Gasteiger partial charge in [0.25, 0.3) is 10.0 Å². The molecular weight excluding hydrogens is 409 g/mol. The fraction of sp³-hybridized carbons (Fsp3) is 0. The van der Waals surface area contributed by atoms with Gasteiger partial charge in [-0.2, -0.15) is 0 Å². The summed E-state index contributed by atoms with van der Waals surface area (Å²) in [6.45, 7) is 0. The van der Waals surface area contributed by atoms with Gasteiger partial charge in [-0.1, -0.05) is 23.7 Å². The topological polar surface area (TPSA) is 92.7 Å². The molecule has 3 aromatic carbocycles. The molecule has 0 atom stereocenters. The summed E-state index contributed by atoms with van der Waals surface area (Å²) in [5.41, 5.74) is 0.0961. The Hall–Kier alpha value is -3.10. The zero-order valence-electron chi connectivity index (χ0n) is 14.1. The van der Waals surface area contributed by atoms with Crippen molar-refractivity contribution in [3.8, 4) is 11.5 Å². The highest BCUT2D eigenvalue weighted by atomic mass is 35.5. The number of carboxylic acid groups (broad SMARTS) is 1. The van der Waals surface area contributed by atoms with Gasteiger partial charge in [0.1, 0.15) is 11.6 Å². The molecule has 3 rings (SSSR count). The molecule has 0 aromatic heterocycles. The lowest BCUT2D eigenvalue weighted by molar-refractivity contribution is 0.0696. The van der Waals surface area contributed by atoms with E-state index in [9.17, 15) is 17.6 Å². The number of rotatable bonds is 6. The smallest absolute Gasteiger partial charge is 0.335 e. The first-order chi connectivity index (χ1) is 13.3. The number of benzene rings is 3. The number of ether oxygens (including phenoxy) is 1. The van der Waals surface area contributed by atoms with Gasteiger partial charge in [0.2, 0.25) is 0 Å². The van der Waals surface area contributed by atoms with Crippen LogP contribution in [0, 0.1) is 5.82 Å². The van der Waals surface area contributed by atoms with E-state index < -0.39 is 21.8 Å². The van der Waals surface area contributed by atoms with Gasteiger partial charge in [0, 0.05) is 0 Å². The highest BCUT2D eigenvalue weighted by Gasteiger charge is 2.18. The van der Waals surface area contributed by atoms with Crippen molar-refractivity contribution in [2.45, 2.75) is 4.90 Å². The van der Waals surface area contributed by atoms with Crippen molar-refractivity contribution in [2.75, 3.05) is 4.72 Å². The third-order valence-electron chi connectivity index (χ3n) is 3.66. The summed E-state index contributed by atoms with van der Waals surface area (Å²) in [5.74, 6) is -1.38. The number of carbonyl (C=O) groups is 1. The first kappa shape index (κ1) is 19.7. The van der Waals surface area contributed by atoms with Gasteiger partial charge in [0.15, 0.2) is 5.75 Å². The van der Waals surface area contributed by atoms with Crippen LogP contribution in [0.25, 0.3) is 0 Å². The second kappa shape index (κ2) is 7.87. The van der Waals surface area contributed by atoms with Gasteiger partial charge < -0.3 is 9.84 Å². The van der Waals surface area contributed by atoms with E-state index >= 15 is 0 Å². The minimum Gasteiger partial charge on any atom is -0.478 e. The third kappa shape index (κ3) is 4.41. The maximum Gasteiger partial charge on any atom is 0.335 e. The number of sulfonamides is 1. The second-order valence-corrected chi connectivity index (χ2v) is 7.70. The van der Waals surface area contributed by atoms with Crippen LogP contribution < -0.4 is 9.46 Å². The van der Waals surface area contributed by atoms with Crippen LogP contribution >= 0.6 is 11.6 Å². The molecule has 0 saturated carbocycles. The minimum absolute atomic E-state index is 0.0296. The molecule has 0 bridgehead atoms. The minimum atomic E-state index is -4.00. The van der Waals surface area contributed by atoms with E-state index in [2.05, 4.69) is 4.72 Å². The van der Waals surface area contributed by atoms with Crippen LogP contribution in [0.5, 0.6) is 11.5 Å². The largest absolute Gasteiger partial charge is 0.478 e. The first-order valence-electron chi connectivity index (χ1n) is 7.84. The molecule has 0 amide bonds.